The van der Waals surface area contributed by atoms with E-state index in [-0.39, 0.29) is 5.91 Å². The van der Waals surface area contributed by atoms with Crippen LogP contribution in [0.4, 0.5) is 5.69 Å². The third kappa shape index (κ3) is 3.00. The number of para-hydroxylation sites is 1. The number of anilines is 1. The molecule has 0 spiro atoms. The first-order valence-corrected chi connectivity index (χ1v) is 7.51. The van der Waals surface area contributed by atoms with E-state index in [0.29, 0.717) is 6.42 Å². The topological polar surface area (TPSA) is 34.0 Å². The Morgan fingerprint density at radius 3 is 2.81 bits per heavy atom. The number of amides is 1. The van der Waals surface area contributed by atoms with E-state index in [0.717, 1.165) is 26.6 Å². The maximum atomic E-state index is 12.2. The van der Waals surface area contributed by atoms with Gasteiger partial charge in [0.2, 0.25) is 5.91 Å². The summed E-state index contributed by atoms with van der Waals surface area (Å²) in [6, 6.07) is 15.7. The first kappa shape index (κ1) is 13.9. The minimum absolute atomic E-state index is 0.00977. The molecule has 0 radical (unpaired) electrons. The molecule has 106 valence electrons. The summed E-state index contributed by atoms with van der Waals surface area (Å²) >= 11 is 3.40. The van der Waals surface area contributed by atoms with Crippen molar-refractivity contribution in [2.45, 2.75) is 6.42 Å². The molecule has 0 aliphatic heterocycles. The monoisotopic (exact) mass is 342 g/mol. The van der Waals surface area contributed by atoms with Gasteiger partial charge < -0.3 is 9.88 Å². The molecule has 1 amide bonds. The van der Waals surface area contributed by atoms with Gasteiger partial charge in [0.1, 0.15) is 0 Å². The molecular formula is C17H15BrN2O. The highest BCUT2D eigenvalue weighted by molar-refractivity contribution is 9.10. The third-order valence-corrected chi connectivity index (χ3v) is 3.93. The maximum absolute atomic E-state index is 12.2. The number of aromatic nitrogens is 1. The van der Waals surface area contributed by atoms with Crippen LogP contribution in [0.25, 0.3) is 10.9 Å². The summed E-state index contributed by atoms with van der Waals surface area (Å²) < 4.78 is 3.00. The fraction of sp³-hybridized carbons (Fsp3) is 0.118. The van der Waals surface area contributed by atoms with Crippen LogP contribution in [0.15, 0.2) is 59.2 Å². The highest BCUT2D eigenvalue weighted by atomic mass is 79.9. The molecule has 3 aromatic rings. The Bertz CT molecular complexity index is 807. The number of hydrogen-bond acceptors (Lipinski definition) is 1. The first-order chi connectivity index (χ1) is 10.1. The van der Waals surface area contributed by atoms with Crippen molar-refractivity contribution in [2.75, 3.05) is 5.32 Å². The molecule has 0 bridgehead atoms. The van der Waals surface area contributed by atoms with Crippen molar-refractivity contribution >= 4 is 38.4 Å². The van der Waals surface area contributed by atoms with Crippen LogP contribution >= 0.6 is 15.9 Å². The lowest BCUT2D eigenvalue weighted by atomic mass is 10.1. The summed E-state index contributed by atoms with van der Waals surface area (Å²) in [6.45, 7) is 0. The second kappa shape index (κ2) is 5.74. The zero-order valence-electron chi connectivity index (χ0n) is 11.6. The molecule has 0 saturated carbocycles. The van der Waals surface area contributed by atoms with E-state index in [4.69, 9.17) is 0 Å². The molecule has 0 aliphatic carbocycles. The number of rotatable bonds is 3. The number of benzene rings is 2. The molecule has 3 nitrogen and oxygen atoms in total. The number of carbonyl (C=O) groups is 1. The molecule has 1 heterocycles. The molecule has 0 atom stereocenters. The number of halogens is 1. The zero-order valence-corrected chi connectivity index (χ0v) is 13.2. The third-order valence-electron chi connectivity index (χ3n) is 3.44. The van der Waals surface area contributed by atoms with Gasteiger partial charge in [0.05, 0.1) is 6.42 Å². The molecule has 3 rings (SSSR count). The van der Waals surface area contributed by atoms with E-state index >= 15 is 0 Å². The SMILES string of the molecule is Cn1cc(CC(=O)Nc2cccc(Br)c2)c2ccccc21. The lowest BCUT2D eigenvalue weighted by Crippen LogP contribution is -2.14. The Labute approximate surface area is 131 Å². The molecule has 1 aromatic heterocycles. The summed E-state index contributed by atoms with van der Waals surface area (Å²) in [5, 5.41) is 4.06. The fourth-order valence-corrected chi connectivity index (χ4v) is 2.91. The second-order valence-corrected chi connectivity index (χ2v) is 5.93. The van der Waals surface area contributed by atoms with Gasteiger partial charge in [-0.3, -0.25) is 4.79 Å². The van der Waals surface area contributed by atoms with Gasteiger partial charge in [-0.25, -0.2) is 0 Å². The lowest BCUT2D eigenvalue weighted by Gasteiger charge is -2.05. The van der Waals surface area contributed by atoms with Crippen molar-refractivity contribution in [3.63, 3.8) is 0 Å². The Balaban J connectivity index is 1.80. The number of nitrogens with zero attached hydrogens (tertiary/aromatic N) is 1. The number of hydrogen-bond donors (Lipinski definition) is 1. The first-order valence-electron chi connectivity index (χ1n) is 6.72. The quantitative estimate of drug-likeness (QED) is 0.763. The van der Waals surface area contributed by atoms with Gasteiger partial charge in [0, 0.05) is 34.3 Å². The predicted octanol–water partition coefficient (Wildman–Crippen LogP) is 4.12. The van der Waals surface area contributed by atoms with Crippen LogP contribution in [0.1, 0.15) is 5.56 Å². The van der Waals surface area contributed by atoms with Gasteiger partial charge in [-0.1, -0.05) is 40.2 Å². The number of nitrogens with one attached hydrogen (secondary N) is 1. The van der Waals surface area contributed by atoms with Gasteiger partial charge in [-0.05, 0) is 29.8 Å². The minimum Gasteiger partial charge on any atom is -0.350 e. The van der Waals surface area contributed by atoms with Crippen molar-refractivity contribution < 1.29 is 4.79 Å². The maximum Gasteiger partial charge on any atom is 0.228 e. The molecule has 2 aromatic carbocycles. The molecule has 4 heteroatoms. The summed E-state index contributed by atoms with van der Waals surface area (Å²) in [4.78, 5) is 12.2. The molecule has 1 N–H and O–H groups in total. The number of aryl methyl sites for hydroxylation is 1. The number of fused-ring (bicyclic) bond motifs is 1. The van der Waals surface area contributed by atoms with Crippen LogP contribution in [0.5, 0.6) is 0 Å². The van der Waals surface area contributed by atoms with E-state index in [1.54, 1.807) is 0 Å². The van der Waals surface area contributed by atoms with Crippen molar-refractivity contribution in [3.8, 4) is 0 Å². The summed E-state index contributed by atoms with van der Waals surface area (Å²) in [5.74, 6) is -0.00977. The Hall–Kier alpha value is -2.07. The van der Waals surface area contributed by atoms with Crippen LogP contribution in [-0.2, 0) is 18.3 Å². The van der Waals surface area contributed by atoms with Gasteiger partial charge in [0.15, 0.2) is 0 Å². The Morgan fingerprint density at radius 1 is 1.19 bits per heavy atom. The average molecular weight is 343 g/mol. The number of carbonyl (C=O) groups excluding carboxylic acids is 1. The standard InChI is InChI=1S/C17H15BrN2O/c1-20-11-12(15-7-2-3-8-16(15)20)9-17(21)19-14-6-4-5-13(18)10-14/h2-8,10-11H,9H2,1H3,(H,19,21). The van der Waals surface area contributed by atoms with Gasteiger partial charge in [-0.2, -0.15) is 0 Å². The highest BCUT2D eigenvalue weighted by Gasteiger charge is 2.10. The normalized spacial score (nSPS) is 10.8. The van der Waals surface area contributed by atoms with Crippen molar-refractivity contribution in [2.24, 2.45) is 7.05 Å². The smallest absolute Gasteiger partial charge is 0.228 e. The van der Waals surface area contributed by atoms with E-state index in [1.807, 2.05) is 49.6 Å². The van der Waals surface area contributed by atoms with Gasteiger partial charge in [-0.15, -0.1) is 0 Å². The molecular weight excluding hydrogens is 328 g/mol. The van der Waals surface area contributed by atoms with Gasteiger partial charge in [0.25, 0.3) is 0 Å². The zero-order chi connectivity index (χ0) is 14.8. The summed E-state index contributed by atoms with van der Waals surface area (Å²) in [5.41, 5.74) is 2.98. The van der Waals surface area contributed by atoms with Gasteiger partial charge >= 0.3 is 0 Å². The Morgan fingerprint density at radius 2 is 2.00 bits per heavy atom. The van der Waals surface area contributed by atoms with Crippen molar-refractivity contribution in [1.82, 2.24) is 4.57 Å². The van der Waals surface area contributed by atoms with Crippen LogP contribution in [0.3, 0.4) is 0 Å². The largest absolute Gasteiger partial charge is 0.350 e. The molecule has 0 unspecified atom stereocenters. The predicted molar refractivity (Wildman–Crippen MR) is 89.4 cm³/mol. The molecule has 0 aliphatic rings. The molecule has 21 heavy (non-hydrogen) atoms. The Kier molecular flexibility index (Phi) is 3.80. The van der Waals surface area contributed by atoms with E-state index < -0.39 is 0 Å². The highest BCUT2D eigenvalue weighted by Crippen LogP contribution is 2.21. The van der Waals surface area contributed by atoms with E-state index in [9.17, 15) is 4.79 Å². The van der Waals surface area contributed by atoms with Crippen LogP contribution in [0, 0.1) is 0 Å². The van der Waals surface area contributed by atoms with Crippen LogP contribution < -0.4 is 5.32 Å². The molecule has 0 saturated heterocycles. The molecule has 0 fully saturated rings. The van der Waals surface area contributed by atoms with Crippen LogP contribution in [-0.4, -0.2) is 10.5 Å². The average Bonchev–Trinajstić information content (AvgIpc) is 2.76. The summed E-state index contributed by atoms with van der Waals surface area (Å²) in [7, 11) is 2.00. The van der Waals surface area contributed by atoms with E-state index in [2.05, 4.69) is 37.9 Å². The van der Waals surface area contributed by atoms with Crippen LogP contribution in [0.2, 0.25) is 0 Å². The van der Waals surface area contributed by atoms with Crippen molar-refractivity contribution in [3.05, 3.63) is 64.8 Å². The van der Waals surface area contributed by atoms with Crippen molar-refractivity contribution in [1.29, 1.82) is 0 Å². The second-order valence-electron chi connectivity index (χ2n) is 5.02. The lowest BCUT2D eigenvalue weighted by molar-refractivity contribution is -0.115. The fourth-order valence-electron chi connectivity index (χ4n) is 2.51. The minimum atomic E-state index is -0.00977. The van der Waals surface area contributed by atoms with E-state index in [1.165, 1.54) is 0 Å². The summed E-state index contributed by atoms with van der Waals surface area (Å²) in [6.07, 6.45) is 2.39.